The number of ether oxygens (including phenoxy) is 1. The van der Waals surface area contributed by atoms with Crippen molar-refractivity contribution in [3.8, 4) is 0 Å². The summed E-state index contributed by atoms with van der Waals surface area (Å²) in [5.74, 6) is -1.14. The summed E-state index contributed by atoms with van der Waals surface area (Å²) in [6, 6.07) is 13.5. The van der Waals surface area contributed by atoms with Crippen molar-refractivity contribution in [1.82, 2.24) is 4.98 Å². The fourth-order valence-electron chi connectivity index (χ4n) is 2.99. The molecule has 0 unspecified atom stereocenters. The number of nitrogens with one attached hydrogen (secondary N) is 1. The topological polar surface area (TPSA) is 62.4 Å². The number of aromatic amines is 1. The molecule has 0 spiro atoms. The maximum Gasteiger partial charge on any atom is 0.306 e. The number of carbonyl (C=O) groups is 2. The van der Waals surface area contributed by atoms with E-state index < -0.39 is 5.97 Å². The Labute approximate surface area is 156 Å². The van der Waals surface area contributed by atoms with Gasteiger partial charge in [0.15, 0.2) is 6.61 Å². The van der Waals surface area contributed by atoms with E-state index in [9.17, 15) is 14.0 Å². The van der Waals surface area contributed by atoms with E-state index in [1.54, 1.807) is 6.92 Å². The summed E-state index contributed by atoms with van der Waals surface area (Å²) in [7, 11) is 0. The molecule has 0 bridgehead atoms. The minimum absolute atomic E-state index is 0.192. The first kappa shape index (κ1) is 18.6. The van der Waals surface area contributed by atoms with Gasteiger partial charge in [0.2, 0.25) is 0 Å². The average Bonchev–Trinajstić information content (AvgIpc) is 3.10. The van der Waals surface area contributed by atoms with Crippen molar-refractivity contribution in [2.24, 2.45) is 0 Å². The highest BCUT2D eigenvalue weighted by atomic mass is 19.1. The van der Waals surface area contributed by atoms with Gasteiger partial charge in [0, 0.05) is 35.8 Å². The van der Waals surface area contributed by atoms with Crippen LogP contribution in [0.3, 0.4) is 0 Å². The van der Waals surface area contributed by atoms with Gasteiger partial charge in [-0.15, -0.1) is 0 Å². The smallest absolute Gasteiger partial charge is 0.306 e. The Morgan fingerprint density at radius 1 is 1.11 bits per heavy atom. The minimum Gasteiger partial charge on any atom is -0.456 e. The van der Waals surface area contributed by atoms with E-state index >= 15 is 0 Å². The van der Waals surface area contributed by atoms with Crippen LogP contribution in [-0.4, -0.2) is 30.0 Å². The largest absolute Gasteiger partial charge is 0.456 e. The number of hydrogen-bond donors (Lipinski definition) is 1. The summed E-state index contributed by atoms with van der Waals surface area (Å²) in [6.45, 7) is 1.87. The van der Waals surface area contributed by atoms with Gasteiger partial charge >= 0.3 is 5.97 Å². The van der Waals surface area contributed by atoms with Gasteiger partial charge in [0.05, 0.1) is 0 Å². The molecule has 0 aliphatic rings. The zero-order valence-electron chi connectivity index (χ0n) is 15.1. The van der Waals surface area contributed by atoms with Crippen LogP contribution in [0.5, 0.6) is 0 Å². The number of esters is 1. The van der Waals surface area contributed by atoms with Gasteiger partial charge in [-0.05, 0) is 49.2 Å². The highest BCUT2D eigenvalue weighted by Gasteiger charge is 2.16. The highest BCUT2D eigenvalue weighted by Crippen LogP contribution is 2.19. The van der Waals surface area contributed by atoms with E-state index in [1.807, 2.05) is 30.5 Å². The molecule has 0 aliphatic carbocycles. The fraction of sp³-hybridized carbons (Fsp3) is 0.238. The quantitative estimate of drug-likeness (QED) is 0.645. The van der Waals surface area contributed by atoms with E-state index in [-0.39, 0.29) is 24.8 Å². The van der Waals surface area contributed by atoms with Crippen LogP contribution in [0.1, 0.15) is 18.9 Å². The Morgan fingerprint density at radius 2 is 1.85 bits per heavy atom. The third-order valence-electron chi connectivity index (χ3n) is 4.39. The lowest BCUT2D eigenvalue weighted by Crippen LogP contribution is -2.34. The zero-order valence-corrected chi connectivity index (χ0v) is 15.1. The number of likely N-dealkylation sites (N-methyl/N-ethyl adjacent to an activating group) is 1. The maximum atomic E-state index is 13.0. The highest BCUT2D eigenvalue weighted by molar-refractivity contribution is 5.95. The molecule has 0 atom stereocenters. The molecule has 2 aromatic carbocycles. The van der Waals surface area contributed by atoms with Gasteiger partial charge in [-0.25, -0.2) is 4.39 Å². The number of halogens is 1. The Bertz CT molecular complexity index is 934. The lowest BCUT2D eigenvalue weighted by atomic mass is 10.1. The number of rotatable bonds is 7. The third-order valence-corrected chi connectivity index (χ3v) is 4.39. The van der Waals surface area contributed by atoms with Crippen LogP contribution in [0, 0.1) is 5.82 Å². The number of nitrogens with zero attached hydrogens (tertiary/aromatic N) is 1. The number of fused-ring (bicyclic) bond motifs is 1. The van der Waals surface area contributed by atoms with E-state index in [2.05, 4.69) is 4.98 Å². The maximum absolute atomic E-state index is 13.0. The van der Waals surface area contributed by atoms with Crippen molar-refractivity contribution in [2.75, 3.05) is 18.1 Å². The van der Waals surface area contributed by atoms with Crippen molar-refractivity contribution < 1.29 is 18.7 Å². The molecular weight excluding hydrogens is 347 g/mol. The molecule has 0 saturated carbocycles. The first-order chi connectivity index (χ1) is 13.1. The summed E-state index contributed by atoms with van der Waals surface area (Å²) in [4.78, 5) is 29.0. The Hall–Kier alpha value is -3.15. The lowest BCUT2D eigenvalue weighted by Gasteiger charge is -2.20. The van der Waals surface area contributed by atoms with Gasteiger partial charge in [-0.3, -0.25) is 9.59 Å². The lowest BCUT2D eigenvalue weighted by molar-refractivity contribution is -0.147. The Kier molecular flexibility index (Phi) is 5.86. The van der Waals surface area contributed by atoms with Gasteiger partial charge < -0.3 is 14.6 Å². The van der Waals surface area contributed by atoms with Crippen LogP contribution in [0.2, 0.25) is 0 Å². The summed E-state index contributed by atoms with van der Waals surface area (Å²) < 4.78 is 18.2. The van der Waals surface area contributed by atoms with E-state index in [4.69, 9.17) is 4.74 Å². The Morgan fingerprint density at radius 3 is 2.59 bits per heavy atom. The van der Waals surface area contributed by atoms with Gasteiger partial charge in [0.25, 0.3) is 5.91 Å². The third kappa shape index (κ3) is 4.53. The molecule has 0 saturated heterocycles. The average molecular weight is 368 g/mol. The zero-order chi connectivity index (χ0) is 19.2. The molecule has 27 heavy (non-hydrogen) atoms. The number of para-hydroxylation sites is 1. The van der Waals surface area contributed by atoms with Crippen molar-refractivity contribution >= 4 is 28.5 Å². The fourth-order valence-corrected chi connectivity index (χ4v) is 2.99. The van der Waals surface area contributed by atoms with Gasteiger partial charge in [-0.1, -0.05) is 18.2 Å². The second-order valence-corrected chi connectivity index (χ2v) is 6.13. The molecule has 1 aromatic heterocycles. The SMILES string of the molecule is CCN(C(=O)COC(=O)CCc1c[nH]c2ccccc12)c1ccc(F)cc1. The van der Waals surface area contributed by atoms with Crippen molar-refractivity contribution in [2.45, 2.75) is 19.8 Å². The standard InChI is InChI=1S/C21H21FN2O3/c1-2-24(17-10-8-16(22)9-11-17)20(25)14-27-21(26)12-7-15-13-23-19-6-4-3-5-18(15)19/h3-6,8-11,13,23H,2,7,12,14H2,1H3. The molecule has 0 radical (unpaired) electrons. The first-order valence-corrected chi connectivity index (χ1v) is 8.85. The van der Waals surface area contributed by atoms with E-state index in [1.165, 1.54) is 29.2 Å². The summed E-state index contributed by atoms with van der Waals surface area (Å²) in [5, 5.41) is 1.08. The second kappa shape index (κ2) is 8.49. The predicted molar refractivity (Wildman–Crippen MR) is 102 cm³/mol. The minimum atomic E-state index is -0.427. The molecule has 0 aliphatic heterocycles. The van der Waals surface area contributed by atoms with Crippen LogP contribution < -0.4 is 4.90 Å². The molecule has 5 nitrogen and oxygen atoms in total. The molecule has 6 heteroatoms. The van der Waals surface area contributed by atoms with E-state index in [0.717, 1.165) is 16.5 Å². The molecule has 1 N–H and O–H groups in total. The van der Waals surface area contributed by atoms with Crippen molar-refractivity contribution in [3.63, 3.8) is 0 Å². The predicted octanol–water partition coefficient (Wildman–Crippen LogP) is 3.84. The first-order valence-electron chi connectivity index (χ1n) is 8.85. The number of aromatic nitrogens is 1. The number of amides is 1. The molecule has 1 amide bonds. The molecule has 1 heterocycles. The number of carbonyl (C=O) groups excluding carboxylic acids is 2. The summed E-state index contributed by atoms with van der Waals surface area (Å²) in [6.07, 6.45) is 2.61. The number of hydrogen-bond acceptors (Lipinski definition) is 3. The number of benzene rings is 2. The number of anilines is 1. The molecular formula is C21H21FN2O3. The Balaban J connectivity index is 1.52. The number of aryl methyl sites for hydroxylation is 1. The summed E-state index contributed by atoms with van der Waals surface area (Å²) in [5.41, 5.74) is 2.63. The van der Waals surface area contributed by atoms with Gasteiger partial charge in [-0.2, -0.15) is 0 Å². The molecule has 140 valence electrons. The van der Waals surface area contributed by atoms with Crippen LogP contribution in [0.4, 0.5) is 10.1 Å². The van der Waals surface area contributed by atoms with E-state index in [0.29, 0.717) is 18.7 Å². The summed E-state index contributed by atoms with van der Waals surface area (Å²) >= 11 is 0. The van der Waals surface area contributed by atoms with Crippen molar-refractivity contribution in [3.05, 3.63) is 66.1 Å². The van der Waals surface area contributed by atoms with Gasteiger partial charge in [0.1, 0.15) is 5.82 Å². The van der Waals surface area contributed by atoms with Crippen LogP contribution in [0.25, 0.3) is 10.9 Å². The van der Waals surface area contributed by atoms with Crippen molar-refractivity contribution in [1.29, 1.82) is 0 Å². The monoisotopic (exact) mass is 368 g/mol. The van der Waals surface area contributed by atoms with Crippen LogP contribution in [0.15, 0.2) is 54.7 Å². The van der Waals surface area contributed by atoms with Crippen LogP contribution in [-0.2, 0) is 20.7 Å². The molecule has 0 fully saturated rings. The molecule has 3 rings (SSSR count). The number of H-pyrrole nitrogens is 1. The molecule has 3 aromatic rings. The second-order valence-electron chi connectivity index (χ2n) is 6.13. The normalized spacial score (nSPS) is 10.7. The van der Waals surface area contributed by atoms with Crippen LogP contribution >= 0.6 is 0 Å².